The topological polar surface area (TPSA) is 79.9 Å². The standard InChI is InChI=1S/C18H20F3N3O2.HI/c1-11-7-12(2)9-14(8-11)24-17(22)23-10-16(25)13-3-5-15(6-4-13)26-18(19,20)21;/h3-9,16,25H,10H2,1-2H3,(H3,22,23,24);1H. The molecule has 0 fully saturated rings. The summed E-state index contributed by atoms with van der Waals surface area (Å²) in [6.45, 7) is 3.88. The zero-order chi connectivity index (χ0) is 19.3. The predicted molar refractivity (Wildman–Crippen MR) is 110 cm³/mol. The molecule has 0 bridgehead atoms. The zero-order valence-corrected chi connectivity index (χ0v) is 17.1. The van der Waals surface area contributed by atoms with Crippen molar-refractivity contribution in [2.75, 3.05) is 11.9 Å². The fourth-order valence-electron chi connectivity index (χ4n) is 2.42. The third-order valence-electron chi connectivity index (χ3n) is 3.43. The number of nitrogens with zero attached hydrogens (tertiary/aromatic N) is 1. The summed E-state index contributed by atoms with van der Waals surface area (Å²) < 4.78 is 40.2. The maximum absolute atomic E-state index is 12.1. The first kappa shape index (κ1) is 23.0. The number of ether oxygens (including phenoxy) is 1. The number of nitrogens with two attached hydrogens (primary N) is 1. The van der Waals surface area contributed by atoms with Gasteiger partial charge < -0.3 is 20.9 Å². The number of hydrogen-bond acceptors (Lipinski definition) is 3. The fourth-order valence-corrected chi connectivity index (χ4v) is 2.42. The van der Waals surface area contributed by atoms with E-state index in [0.29, 0.717) is 5.56 Å². The molecule has 0 aromatic heterocycles. The van der Waals surface area contributed by atoms with Crippen molar-refractivity contribution < 1.29 is 23.0 Å². The van der Waals surface area contributed by atoms with Crippen LogP contribution < -0.4 is 15.8 Å². The van der Waals surface area contributed by atoms with Gasteiger partial charge in [-0.15, -0.1) is 37.1 Å². The Labute approximate surface area is 172 Å². The minimum atomic E-state index is -4.75. The lowest BCUT2D eigenvalue weighted by Crippen LogP contribution is -2.23. The summed E-state index contributed by atoms with van der Waals surface area (Å²) in [6.07, 6.45) is -5.76. The van der Waals surface area contributed by atoms with Crippen LogP contribution in [0.5, 0.6) is 5.75 Å². The molecule has 2 aromatic rings. The van der Waals surface area contributed by atoms with E-state index in [1.165, 1.54) is 12.1 Å². The maximum Gasteiger partial charge on any atom is 0.573 e. The quantitative estimate of drug-likeness (QED) is 0.329. The second-order valence-corrected chi connectivity index (χ2v) is 5.86. The van der Waals surface area contributed by atoms with Crippen LogP contribution in [0.25, 0.3) is 0 Å². The van der Waals surface area contributed by atoms with Gasteiger partial charge in [0.1, 0.15) is 5.75 Å². The molecule has 0 aliphatic rings. The first-order valence-corrected chi connectivity index (χ1v) is 7.81. The van der Waals surface area contributed by atoms with Gasteiger partial charge in [0, 0.05) is 5.69 Å². The highest BCUT2D eigenvalue weighted by molar-refractivity contribution is 14.0. The number of hydrogen-bond donors (Lipinski definition) is 3. The van der Waals surface area contributed by atoms with E-state index in [4.69, 9.17) is 5.73 Å². The van der Waals surface area contributed by atoms with E-state index in [9.17, 15) is 18.3 Å². The van der Waals surface area contributed by atoms with E-state index in [1.54, 1.807) is 0 Å². The van der Waals surface area contributed by atoms with E-state index in [0.717, 1.165) is 28.9 Å². The van der Waals surface area contributed by atoms with Crippen molar-refractivity contribution in [3.63, 3.8) is 0 Å². The Balaban J connectivity index is 0.00000364. The molecule has 0 saturated carbocycles. The fraction of sp³-hybridized carbons (Fsp3) is 0.278. The number of aryl methyl sites for hydroxylation is 2. The van der Waals surface area contributed by atoms with Crippen molar-refractivity contribution >= 4 is 35.6 Å². The van der Waals surface area contributed by atoms with Crippen molar-refractivity contribution in [1.82, 2.24) is 0 Å². The molecule has 0 heterocycles. The molecule has 0 aliphatic carbocycles. The third-order valence-corrected chi connectivity index (χ3v) is 3.43. The van der Waals surface area contributed by atoms with Crippen LogP contribution in [0.2, 0.25) is 0 Å². The lowest BCUT2D eigenvalue weighted by Gasteiger charge is -2.12. The van der Waals surface area contributed by atoms with E-state index in [2.05, 4.69) is 15.0 Å². The summed E-state index contributed by atoms with van der Waals surface area (Å²) in [7, 11) is 0. The van der Waals surface area contributed by atoms with Gasteiger partial charge >= 0.3 is 6.36 Å². The van der Waals surface area contributed by atoms with Crippen LogP contribution in [0.4, 0.5) is 18.9 Å². The molecule has 1 atom stereocenters. The van der Waals surface area contributed by atoms with Crippen LogP contribution in [-0.4, -0.2) is 24.0 Å². The van der Waals surface area contributed by atoms with E-state index in [-0.39, 0.29) is 42.2 Å². The molecule has 1 unspecified atom stereocenters. The van der Waals surface area contributed by atoms with E-state index in [1.807, 2.05) is 32.0 Å². The first-order valence-electron chi connectivity index (χ1n) is 7.81. The Kier molecular flexibility index (Phi) is 8.35. The number of anilines is 1. The molecule has 2 rings (SSSR count). The van der Waals surface area contributed by atoms with Gasteiger partial charge in [-0.05, 0) is 54.8 Å². The van der Waals surface area contributed by atoms with Gasteiger partial charge in [-0.2, -0.15) is 0 Å². The molecule has 148 valence electrons. The average molecular weight is 495 g/mol. The normalized spacial score (nSPS) is 12.9. The Morgan fingerprint density at radius 3 is 2.22 bits per heavy atom. The van der Waals surface area contributed by atoms with Gasteiger partial charge in [0.05, 0.1) is 12.6 Å². The number of aliphatic imine (C=N–C) groups is 1. The van der Waals surface area contributed by atoms with Crippen LogP contribution in [0.1, 0.15) is 22.8 Å². The van der Waals surface area contributed by atoms with Gasteiger partial charge in [0.15, 0.2) is 5.96 Å². The molecule has 0 spiro atoms. The molecule has 2 aromatic carbocycles. The summed E-state index contributed by atoms with van der Waals surface area (Å²) in [5.41, 5.74) is 9.14. The molecule has 9 heteroatoms. The Morgan fingerprint density at radius 1 is 1.15 bits per heavy atom. The Morgan fingerprint density at radius 2 is 1.70 bits per heavy atom. The van der Waals surface area contributed by atoms with Gasteiger partial charge in [0.25, 0.3) is 0 Å². The van der Waals surface area contributed by atoms with Crippen LogP contribution in [-0.2, 0) is 0 Å². The lowest BCUT2D eigenvalue weighted by atomic mass is 10.1. The van der Waals surface area contributed by atoms with Crippen LogP contribution in [0, 0.1) is 13.8 Å². The summed E-state index contributed by atoms with van der Waals surface area (Å²) in [5.74, 6) is -0.223. The highest BCUT2D eigenvalue weighted by atomic mass is 127. The molecular weight excluding hydrogens is 474 g/mol. The van der Waals surface area contributed by atoms with Crippen molar-refractivity contribution in [2.45, 2.75) is 26.3 Å². The number of halogens is 4. The molecule has 4 N–H and O–H groups in total. The zero-order valence-electron chi connectivity index (χ0n) is 14.7. The molecule has 5 nitrogen and oxygen atoms in total. The number of benzene rings is 2. The SMILES string of the molecule is Cc1cc(C)cc(NC(N)=NCC(O)c2ccc(OC(F)(F)F)cc2)c1.I. The molecular formula is C18H21F3IN3O2. The van der Waals surface area contributed by atoms with Gasteiger partial charge in [-0.1, -0.05) is 18.2 Å². The number of aliphatic hydroxyl groups excluding tert-OH is 1. The molecule has 0 radical (unpaired) electrons. The van der Waals surface area contributed by atoms with Gasteiger partial charge in [-0.25, -0.2) is 0 Å². The van der Waals surface area contributed by atoms with Gasteiger partial charge in [-0.3, -0.25) is 4.99 Å². The number of aliphatic hydroxyl groups is 1. The highest BCUT2D eigenvalue weighted by Crippen LogP contribution is 2.24. The smallest absolute Gasteiger partial charge is 0.406 e. The molecule has 0 saturated heterocycles. The largest absolute Gasteiger partial charge is 0.573 e. The Hall–Kier alpha value is -2.01. The van der Waals surface area contributed by atoms with Crippen molar-refractivity contribution in [3.8, 4) is 5.75 Å². The van der Waals surface area contributed by atoms with Crippen molar-refractivity contribution in [3.05, 3.63) is 59.2 Å². The average Bonchev–Trinajstić information content (AvgIpc) is 2.50. The van der Waals surface area contributed by atoms with Crippen molar-refractivity contribution in [1.29, 1.82) is 0 Å². The van der Waals surface area contributed by atoms with Crippen molar-refractivity contribution in [2.24, 2.45) is 10.7 Å². The number of rotatable bonds is 5. The number of nitrogens with one attached hydrogen (secondary N) is 1. The minimum absolute atomic E-state index is 0. The van der Waals surface area contributed by atoms with E-state index < -0.39 is 12.5 Å². The Bertz CT molecular complexity index is 760. The first-order chi connectivity index (χ1) is 12.1. The minimum Gasteiger partial charge on any atom is -0.406 e. The predicted octanol–water partition coefficient (Wildman–Crippen LogP) is 4.28. The number of alkyl halides is 3. The molecule has 0 amide bonds. The van der Waals surface area contributed by atoms with E-state index >= 15 is 0 Å². The summed E-state index contributed by atoms with van der Waals surface area (Å²) >= 11 is 0. The summed E-state index contributed by atoms with van der Waals surface area (Å²) in [4.78, 5) is 4.06. The summed E-state index contributed by atoms with van der Waals surface area (Å²) in [6, 6.07) is 10.8. The third kappa shape index (κ3) is 8.04. The lowest BCUT2D eigenvalue weighted by molar-refractivity contribution is -0.274. The second-order valence-electron chi connectivity index (χ2n) is 5.86. The van der Waals surface area contributed by atoms with Crippen LogP contribution >= 0.6 is 24.0 Å². The van der Waals surface area contributed by atoms with Crippen LogP contribution in [0.3, 0.4) is 0 Å². The second kappa shape index (κ2) is 9.79. The monoisotopic (exact) mass is 495 g/mol. The van der Waals surface area contributed by atoms with Gasteiger partial charge in [0.2, 0.25) is 0 Å². The maximum atomic E-state index is 12.1. The van der Waals surface area contributed by atoms with Crippen LogP contribution in [0.15, 0.2) is 47.5 Å². The molecule has 0 aliphatic heterocycles. The number of guanidine groups is 1. The highest BCUT2D eigenvalue weighted by Gasteiger charge is 2.31. The summed E-state index contributed by atoms with van der Waals surface area (Å²) in [5, 5.41) is 13.0. The molecule has 27 heavy (non-hydrogen) atoms.